The Labute approximate surface area is 169 Å². The van der Waals surface area contributed by atoms with Crippen LogP contribution in [0.5, 0.6) is 0 Å². The molecule has 0 aromatic rings. The summed E-state index contributed by atoms with van der Waals surface area (Å²) in [7, 11) is 0. The van der Waals surface area contributed by atoms with E-state index < -0.39 is 11.9 Å². The quantitative estimate of drug-likeness (QED) is 0.544. The fraction of sp³-hybridized carbons (Fsp3) is 0.818. The molecule has 0 radical (unpaired) electrons. The second-order valence-corrected chi connectivity index (χ2v) is 11.4. The van der Waals surface area contributed by atoms with Crippen molar-refractivity contribution in [3.63, 3.8) is 0 Å². The summed E-state index contributed by atoms with van der Waals surface area (Å²) in [6.07, 6.45) is 2.42. The van der Waals surface area contributed by atoms with Gasteiger partial charge in [0.1, 0.15) is 0 Å². The first-order chi connectivity index (χ1) is 12.4. The van der Waals surface area contributed by atoms with Gasteiger partial charge in [0.05, 0.1) is 11.1 Å². The summed E-state index contributed by atoms with van der Waals surface area (Å²) in [6, 6.07) is 0. The number of carboxylic acid groups (broad SMARTS) is 2. The van der Waals surface area contributed by atoms with Gasteiger partial charge in [-0.1, -0.05) is 0 Å². The average Bonchev–Trinajstić information content (AvgIpc) is 2.36. The fourth-order valence-corrected chi connectivity index (χ4v) is 6.07. The molecule has 6 heteroatoms. The van der Waals surface area contributed by atoms with E-state index in [1.54, 1.807) is 0 Å². The van der Waals surface area contributed by atoms with E-state index >= 15 is 0 Å². The maximum Gasteiger partial charge on any atom is 0.332 e. The zero-order valence-electron chi connectivity index (χ0n) is 18.7. The minimum absolute atomic E-state index is 0.105. The van der Waals surface area contributed by atoms with Crippen LogP contribution in [0, 0.1) is 11.8 Å². The summed E-state index contributed by atoms with van der Waals surface area (Å²) >= 11 is 0. The molecule has 0 amide bonds. The summed E-state index contributed by atoms with van der Waals surface area (Å²) in [5.74, 6) is -2.78. The third kappa shape index (κ3) is 5.35. The molecule has 0 atom stereocenters. The Bertz CT molecular complexity index is 599. The molecule has 160 valence electrons. The Hall–Kier alpha value is -1.40. The predicted molar refractivity (Wildman–Crippen MR) is 110 cm³/mol. The van der Waals surface area contributed by atoms with Gasteiger partial charge in [-0.05, 0) is 92.9 Å². The Kier molecular flexibility index (Phi) is 5.83. The van der Waals surface area contributed by atoms with Gasteiger partial charge in [-0.3, -0.25) is 0 Å². The highest BCUT2D eigenvalue weighted by Crippen LogP contribution is 2.43. The summed E-state index contributed by atoms with van der Waals surface area (Å²) < 4.78 is 0. The molecule has 2 aliphatic rings. The van der Waals surface area contributed by atoms with Crippen molar-refractivity contribution in [3.05, 3.63) is 11.1 Å². The number of nitrogens with one attached hydrogen (secondary N) is 2. The molecule has 0 unspecified atom stereocenters. The number of aliphatic carboxylic acids is 2. The topological polar surface area (TPSA) is 98.7 Å². The van der Waals surface area contributed by atoms with Crippen LogP contribution in [0.3, 0.4) is 0 Å². The van der Waals surface area contributed by atoms with Gasteiger partial charge in [0.15, 0.2) is 0 Å². The second kappa shape index (κ2) is 7.13. The molecule has 2 rings (SSSR count). The highest BCUT2D eigenvalue weighted by Gasteiger charge is 2.46. The molecule has 0 aromatic carbocycles. The van der Waals surface area contributed by atoms with Crippen molar-refractivity contribution in [1.82, 2.24) is 10.6 Å². The standard InChI is InChI=1S/C22H38N2O4/c1-19(2)9-13(10-20(3,4)23-19)15(17(25)26)16(18(27)28)14-11-21(5,6)24-22(7,8)12-14/h13-14,23-24H,9-12H2,1-8H3,(H,25,26)(H,27,28). The molecule has 0 aliphatic carbocycles. The number of carbonyl (C=O) groups is 2. The summed E-state index contributed by atoms with van der Waals surface area (Å²) in [5.41, 5.74) is -0.832. The zero-order chi connectivity index (χ0) is 21.7. The average molecular weight is 395 g/mol. The summed E-state index contributed by atoms with van der Waals surface area (Å²) in [5, 5.41) is 27.4. The van der Waals surface area contributed by atoms with E-state index in [0.717, 1.165) is 0 Å². The van der Waals surface area contributed by atoms with E-state index in [-0.39, 0.29) is 45.1 Å². The third-order valence-electron chi connectivity index (χ3n) is 5.95. The first kappa shape index (κ1) is 22.9. The van der Waals surface area contributed by atoms with Crippen LogP contribution in [-0.2, 0) is 9.59 Å². The van der Waals surface area contributed by atoms with Crippen molar-refractivity contribution in [2.24, 2.45) is 11.8 Å². The van der Waals surface area contributed by atoms with E-state index in [0.29, 0.717) is 25.7 Å². The lowest BCUT2D eigenvalue weighted by Crippen LogP contribution is -2.59. The highest BCUT2D eigenvalue weighted by molar-refractivity contribution is 5.99. The molecular formula is C22H38N2O4. The van der Waals surface area contributed by atoms with Crippen molar-refractivity contribution in [2.75, 3.05) is 0 Å². The van der Waals surface area contributed by atoms with E-state index in [2.05, 4.69) is 66.0 Å². The smallest absolute Gasteiger partial charge is 0.332 e. The van der Waals surface area contributed by atoms with Gasteiger partial charge in [0.25, 0.3) is 0 Å². The Balaban J connectivity index is 2.59. The highest BCUT2D eigenvalue weighted by atomic mass is 16.4. The molecular weight excluding hydrogens is 356 g/mol. The minimum atomic E-state index is -1.09. The number of hydrogen-bond acceptors (Lipinski definition) is 4. The molecule has 2 aliphatic heterocycles. The lowest BCUT2D eigenvalue weighted by atomic mass is 9.67. The Morgan fingerprint density at radius 3 is 1.00 bits per heavy atom. The number of piperidine rings is 2. The van der Waals surface area contributed by atoms with Gasteiger partial charge >= 0.3 is 11.9 Å². The number of carboxylic acids is 2. The summed E-state index contributed by atoms with van der Waals surface area (Å²) in [4.78, 5) is 24.7. The monoisotopic (exact) mass is 394 g/mol. The molecule has 28 heavy (non-hydrogen) atoms. The maximum absolute atomic E-state index is 12.4. The van der Waals surface area contributed by atoms with Crippen molar-refractivity contribution >= 4 is 11.9 Å². The SMILES string of the molecule is CC1(C)CC(C(C(=O)O)=C(C(=O)O)C2CC(C)(C)NC(C)(C)C2)CC(C)(C)N1. The van der Waals surface area contributed by atoms with Gasteiger partial charge in [-0.15, -0.1) is 0 Å². The van der Waals surface area contributed by atoms with Crippen molar-refractivity contribution in [3.8, 4) is 0 Å². The van der Waals surface area contributed by atoms with Gasteiger partial charge in [0.2, 0.25) is 0 Å². The molecule has 2 saturated heterocycles. The van der Waals surface area contributed by atoms with E-state index in [9.17, 15) is 19.8 Å². The molecule has 2 heterocycles. The van der Waals surface area contributed by atoms with E-state index in [4.69, 9.17) is 0 Å². The molecule has 0 bridgehead atoms. The fourth-order valence-electron chi connectivity index (χ4n) is 6.07. The zero-order valence-corrected chi connectivity index (χ0v) is 18.7. The van der Waals surface area contributed by atoms with Gasteiger partial charge in [0, 0.05) is 22.2 Å². The van der Waals surface area contributed by atoms with Crippen LogP contribution in [0.25, 0.3) is 0 Å². The largest absolute Gasteiger partial charge is 0.478 e. The molecule has 6 nitrogen and oxygen atoms in total. The van der Waals surface area contributed by atoms with Crippen molar-refractivity contribution in [2.45, 2.75) is 103 Å². The lowest BCUT2D eigenvalue weighted by Gasteiger charge is -2.49. The van der Waals surface area contributed by atoms with E-state index in [1.165, 1.54) is 0 Å². The first-order valence-corrected chi connectivity index (χ1v) is 10.2. The number of hydrogen-bond donors (Lipinski definition) is 4. The number of rotatable bonds is 4. The van der Waals surface area contributed by atoms with E-state index in [1.807, 2.05) is 0 Å². The molecule has 0 aromatic heterocycles. The molecule has 4 N–H and O–H groups in total. The van der Waals surface area contributed by atoms with Crippen LogP contribution < -0.4 is 10.6 Å². The predicted octanol–water partition coefficient (Wildman–Crippen LogP) is 3.57. The molecule has 0 spiro atoms. The van der Waals surface area contributed by atoms with Gasteiger partial charge < -0.3 is 20.8 Å². The molecule has 2 fully saturated rings. The minimum Gasteiger partial charge on any atom is -0.478 e. The van der Waals surface area contributed by atoms with Gasteiger partial charge in [-0.2, -0.15) is 0 Å². The van der Waals surface area contributed by atoms with Crippen LogP contribution in [0.15, 0.2) is 11.1 Å². The Morgan fingerprint density at radius 1 is 0.607 bits per heavy atom. The lowest BCUT2D eigenvalue weighted by molar-refractivity contribution is -0.137. The van der Waals surface area contributed by atoms with Crippen LogP contribution in [0.1, 0.15) is 81.1 Å². The third-order valence-corrected chi connectivity index (χ3v) is 5.95. The van der Waals surface area contributed by atoms with Crippen LogP contribution >= 0.6 is 0 Å². The van der Waals surface area contributed by atoms with Crippen molar-refractivity contribution < 1.29 is 19.8 Å². The van der Waals surface area contributed by atoms with Crippen LogP contribution in [-0.4, -0.2) is 44.3 Å². The molecule has 0 saturated carbocycles. The van der Waals surface area contributed by atoms with Crippen molar-refractivity contribution in [1.29, 1.82) is 0 Å². The normalized spacial score (nSPS) is 27.7. The maximum atomic E-state index is 12.4. The van der Waals surface area contributed by atoms with Gasteiger partial charge in [-0.25, -0.2) is 9.59 Å². The second-order valence-electron chi connectivity index (χ2n) is 11.4. The Morgan fingerprint density at radius 2 is 0.821 bits per heavy atom. The van der Waals surface area contributed by atoms with Crippen LogP contribution in [0.2, 0.25) is 0 Å². The summed E-state index contributed by atoms with van der Waals surface area (Å²) in [6.45, 7) is 16.4. The van der Waals surface area contributed by atoms with Crippen LogP contribution in [0.4, 0.5) is 0 Å². The first-order valence-electron chi connectivity index (χ1n) is 10.2.